The fourth-order valence-electron chi connectivity index (χ4n) is 1.45. The summed E-state index contributed by atoms with van der Waals surface area (Å²) in [6, 6.07) is 13.2. The number of nitrogens with zero attached hydrogens (tertiary/aromatic N) is 1. The average Bonchev–Trinajstić information content (AvgIpc) is 2.40. The van der Waals surface area contributed by atoms with Crippen LogP contribution in [0.4, 0.5) is 5.82 Å². The number of benzene rings is 1. The molecule has 0 saturated heterocycles. The van der Waals surface area contributed by atoms with Crippen LogP contribution in [0.3, 0.4) is 0 Å². The first-order valence-corrected chi connectivity index (χ1v) is 5.57. The molecule has 0 unspecified atom stereocenters. The number of thiocarbonyl (C=S) groups is 1. The zero-order valence-corrected chi connectivity index (χ0v) is 10.2. The van der Waals surface area contributed by atoms with Crippen LogP contribution in [0.5, 0.6) is 5.75 Å². The SMILES string of the molecule is COc1ccccc1C(=S)Nc1ccccn1. The lowest BCUT2D eigenvalue weighted by Gasteiger charge is -2.10. The largest absolute Gasteiger partial charge is 0.496 e. The number of rotatable bonds is 3. The molecule has 0 saturated carbocycles. The van der Waals surface area contributed by atoms with Crippen molar-refractivity contribution in [3.63, 3.8) is 0 Å². The van der Waals surface area contributed by atoms with Gasteiger partial charge in [0.05, 0.1) is 12.7 Å². The van der Waals surface area contributed by atoms with Crippen molar-refractivity contribution in [2.24, 2.45) is 0 Å². The standard InChI is InChI=1S/C13H12N2OS/c1-16-11-7-3-2-6-10(11)13(17)15-12-8-4-5-9-14-12/h2-9H,1H3,(H,14,15,17). The zero-order chi connectivity index (χ0) is 12.1. The molecule has 0 bridgehead atoms. The Hall–Kier alpha value is -1.94. The molecule has 0 aliphatic carbocycles. The van der Waals surface area contributed by atoms with Gasteiger partial charge in [-0.05, 0) is 24.3 Å². The molecule has 4 heteroatoms. The van der Waals surface area contributed by atoms with Crippen molar-refractivity contribution < 1.29 is 4.74 Å². The van der Waals surface area contributed by atoms with Gasteiger partial charge >= 0.3 is 0 Å². The van der Waals surface area contributed by atoms with E-state index in [1.165, 1.54) is 0 Å². The van der Waals surface area contributed by atoms with Gasteiger partial charge in [0.15, 0.2) is 0 Å². The summed E-state index contributed by atoms with van der Waals surface area (Å²) >= 11 is 5.33. The van der Waals surface area contributed by atoms with Crippen molar-refractivity contribution in [3.05, 3.63) is 54.2 Å². The summed E-state index contributed by atoms with van der Waals surface area (Å²) in [7, 11) is 1.63. The molecule has 2 rings (SSSR count). The van der Waals surface area contributed by atoms with Gasteiger partial charge in [-0.15, -0.1) is 0 Å². The second-order valence-electron chi connectivity index (χ2n) is 3.37. The zero-order valence-electron chi connectivity index (χ0n) is 9.38. The number of para-hydroxylation sites is 1. The summed E-state index contributed by atoms with van der Waals surface area (Å²) in [5, 5.41) is 3.07. The molecule has 1 aromatic heterocycles. The summed E-state index contributed by atoms with van der Waals surface area (Å²) in [5.41, 5.74) is 0.857. The highest BCUT2D eigenvalue weighted by Crippen LogP contribution is 2.19. The van der Waals surface area contributed by atoms with E-state index in [0.29, 0.717) is 4.99 Å². The minimum Gasteiger partial charge on any atom is -0.496 e. The highest BCUT2D eigenvalue weighted by atomic mass is 32.1. The highest BCUT2D eigenvalue weighted by Gasteiger charge is 2.07. The molecular formula is C13H12N2OS. The molecule has 0 amide bonds. The average molecular weight is 244 g/mol. The van der Waals surface area contributed by atoms with E-state index in [2.05, 4.69) is 10.3 Å². The number of methoxy groups -OCH3 is 1. The van der Waals surface area contributed by atoms with Gasteiger partial charge in [-0.2, -0.15) is 0 Å². The predicted octanol–water partition coefficient (Wildman–Crippen LogP) is 2.88. The van der Waals surface area contributed by atoms with Crippen LogP contribution >= 0.6 is 12.2 Å². The van der Waals surface area contributed by atoms with Gasteiger partial charge in [0.1, 0.15) is 16.6 Å². The Kier molecular flexibility index (Phi) is 3.67. The van der Waals surface area contributed by atoms with Crippen molar-refractivity contribution >= 4 is 23.0 Å². The first-order chi connectivity index (χ1) is 8.31. The predicted molar refractivity (Wildman–Crippen MR) is 72.6 cm³/mol. The molecular weight excluding hydrogens is 232 g/mol. The smallest absolute Gasteiger partial charge is 0.130 e. The molecule has 1 aromatic carbocycles. The topological polar surface area (TPSA) is 34.1 Å². The van der Waals surface area contributed by atoms with Gasteiger partial charge in [0.2, 0.25) is 0 Å². The van der Waals surface area contributed by atoms with E-state index < -0.39 is 0 Å². The third-order valence-corrected chi connectivity index (χ3v) is 2.58. The Bertz CT molecular complexity index is 514. The molecule has 0 fully saturated rings. The van der Waals surface area contributed by atoms with E-state index in [4.69, 9.17) is 17.0 Å². The van der Waals surface area contributed by atoms with Crippen LogP contribution in [0.1, 0.15) is 5.56 Å². The maximum atomic E-state index is 5.33. The van der Waals surface area contributed by atoms with Gasteiger partial charge in [-0.25, -0.2) is 4.98 Å². The fourth-order valence-corrected chi connectivity index (χ4v) is 1.73. The maximum Gasteiger partial charge on any atom is 0.130 e. The molecule has 0 aliphatic heterocycles. The van der Waals surface area contributed by atoms with Crippen LogP contribution in [-0.2, 0) is 0 Å². The Morgan fingerprint density at radius 3 is 2.65 bits per heavy atom. The van der Waals surface area contributed by atoms with Crippen LogP contribution in [0.15, 0.2) is 48.7 Å². The third kappa shape index (κ3) is 2.79. The van der Waals surface area contributed by atoms with E-state index in [1.54, 1.807) is 13.3 Å². The second kappa shape index (κ2) is 5.41. The minimum atomic E-state index is 0.598. The summed E-state index contributed by atoms with van der Waals surface area (Å²) < 4.78 is 5.26. The molecule has 1 N–H and O–H groups in total. The molecule has 0 aliphatic rings. The molecule has 2 aromatic rings. The van der Waals surface area contributed by atoms with E-state index in [9.17, 15) is 0 Å². The minimum absolute atomic E-state index is 0.598. The molecule has 1 heterocycles. The second-order valence-corrected chi connectivity index (χ2v) is 3.78. The van der Waals surface area contributed by atoms with Gasteiger partial charge in [0, 0.05) is 6.20 Å². The van der Waals surface area contributed by atoms with Gasteiger partial charge in [-0.3, -0.25) is 0 Å². The number of hydrogen-bond donors (Lipinski definition) is 1. The van der Waals surface area contributed by atoms with Crippen LogP contribution in [0.2, 0.25) is 0 Å². The summed E-state index contributed by atoms with van der Waals surface area (Å²) in [6.45, 7) is 0. The van der Waals surface area contributed by atoms with Gasteiger partial charge in [0.25, 0.3) is 0 Å². The number of hydrogen-bond acceptors (Lipinski definition) is 3. The maximum absolute atomic E-state index is 5.33. The molecule has 17 heavy (non-hydrogen) atoms. The molecule has 0 radical (unpaired) electrons. The van der Waals surface area contributed by atoms with Crippen molar-refractivity contribution in [2.45, 2.75) is 0 Å². The Balaban J connectivity index is 2.20. The monoisotopic (exact) mass is 244 g/mol. The molecule has 0 atom stereocenters. The van der Waals surface area contributed by atoms with E-state index in [1.807, 2.05) is 42.5 Å². The van der Waals surface area contributed by atoms with Gasteiger partial charge in [-0.1, -0.05) is 30.4 Å². The number of ether oxygens (including phenoxy) is 1. The lowest BCUT2D eigenvalue weighted by atomic mass is 10.2. The van der Waals surface area contributed by atoms with Crippen molar-refractivity contribution in [1.82, 2.24) is 4.98 Å². The number of pyridine rings is 1. The molecule has 0 spiro atoms. The number of anilines is 1. The number of nitrogens with one attached hydrogen (secondary N) is 1. The lowest BCUT2D eigenvalue weighted by Crippen LogP contribution is -2.12. The van der Waals surface area contributed by atoms with E-state index in [-0.39, 0.29) is 0 Å². The Labute approximate surface area is 105 Å². The van der Waals surface area contributed by atoms with Crippen molar-refractivity contribution in [2.75, 3.05) is 12.4 Å². The van der Waals surface area contributed by atoms with E-state index >= 15 is 0 Å². The van der Waals surface area contributed by atoms with E-state index in [0.717, 1.165) is 17.1 Å². The van der Waals surface area contributed by atoms with Crippen LogP contribution in [0.25, 0.3) is 0 Å². The molecule has 3 nitrogen and oxygen atoms in total. The third-order valence-electron chi connectivity index (χ3n) is 2.26. The highest BCUT2D eigenvalue weighted by molar-refractivity contribution is 7.81. The summed E-state index contributed by atoms with van der Waals surface area (Å²) in [6.07, 6.45) is 1.72. The summed E-state index contributed by atoms with van der Waals surface area (Å²) in [5.74, 6) is 1.48. The lowest BCUT2D eigenvalue weighted by molar-refractivity contribution is 0.414. The Morgan fingerprint density at radius 1 is 1.18 bits per heavy atom. The quantitative estimate of drug-likeness (QED) is 0.842. The fraction of sp³-hybridized carbons (Fsp3) is 0.0769. The first-order valence-electron chi connectivity index (χ1n) is 5.16. The van der Waals surface area contributed by atoms with Crippen LogP contribution in [-0.4, -0.2) is 17.1 Å². The normalized spacial score (nSPS) is 9.71. The number of aromatic nitrogens is 1. The summed E-state index contributed by atoms with van der Waals surface area (Å²) in [4.78, 5) is 4.76. The first kappa shape index (κ1) is 11.5. The van der Waals surface area contributed by atoms with Crippen molar-refractivity contribution in [1.29, 1.82) is 0 Å². The van der Waals surface area contributed by atoms with Crippen molar-refractivity contribution in [3.8, 4) is 5.75 Å². The molecule has 86 valence electrons. The van der Waals surface area contributed by atoms with Gasteiger partial charge < -0.3 is 10.1 Å². The van der Waals surface area contributed by atoms with Crippen LogP contribution < -0.4 is 10.1 Å². The van der Waals surface area contributed by atoms with Crippen LogP contribution in [0, 0.1) is 0 Å². The Morgan fingerprint density at radius 2 is 1.94 bits per heavy atom.